The number of aliphatic imine (C=N–C) groups is 1. The highest BCUT2D eigenvalue weighted by atomic mass is 35.5. The number of rotatable bonds is 7. The summed E-state index contributed by atoms with van der Waals surface area (Å²) in [6, 6.07) is 3.46. The highest BCUT2D eigenvalue weighted by Gasteiger charge is 2.18. The van der Waals surface area contributed by atoms with Gasteiger partial charge in [0, 0.05) is 24.5 Å². The monoisotopic (exact) mass is 400 g/mol. The van der Waals surface area contributed by atoms with Gasteiger partial charge in [0.1, 0.15) is 12.8 Å². The van der Waals surface area contributed by atoms with E-state index in [0.717, 1.165) is 23.4 Å². The van der Waals surface area contributed by atoms with Crippen LogP contribution in [0.3, 0.4) is 0 Å². The fraction of sp³-hybridized carbons (Fsp3) is 0.350. The first-order valence-electron chi connectivity index (χ1n) is 9.08. The van der Waals surface area contributed by atoms with Gasteiger partial charge in [0.2, 0.25) is 5.95 Å². The summed E-state index contributed by atoms with van der Waals surface area (Å²) >= 11 is 6.43. The minimum Gasteiger partial charge on any atom is -0.495 e. The minimum atomic E-state index is -0.149. The first kappa shape index (κ1) is 19.9. The van der Waals surface area contributed by atoms with Crippen molar-refractivity contribution in [3.8, 4) is 5.75 Å². The van der Waals surface area contributed by atoms with Crippen LogP contribution in [-0.2, 0) is 12.8 Å². The van der Waals surface area contributed by atoms with Crippen LogP contribution in [0.2, 0.25) is 5.02 Å². The number of ether oxygens (including phenoxy) is 1. The van der Waals surface area contributed by atoms with Crippen molar-refractivity contribution < 1.29 is 14.1 Å². The van der Waals surface area contributed by atoms with Crippen molar-refractivity contribution in [1.29, 1.82) is 0 Å². The van der Waals surface area contributed by atoms with Gasteiger partial charge in [-0.15, -0.1) is 0 Å². The second kappa shape index (κ2) is 8.93. The van der Waals surface area contributed by atoms with Crippen LogP contribution in [0.1, 0.15) is 28.4 Å². The molecule has 3 rings (SSSR count). The molecule has 0 saturated heterocycles. The summed E-state index contributed by atoms with van der Waals surface area (Å²) in [6.45, 7) is 3.25. The van der Waals surface area contributed by atoms with E-state index in [2.05, 4.69) is 20.3 Å². The van der Waals surface area contributed by atoms with E-state index in [1.165, 1.54) is 7.11 Å². The summed E-state index contributed by atoms with van der Waals surface area (Å²) < 4.78 is 7.37. The maximum atomic E-state index is 12.2. The van der Waals surface area contributed by atoms with Gasteiger partial charge >= 0.3 is 0 Å². The molecule has 0 unspecified atom stereocenters. The molecule has 0 fully saturated rings. The number of hydrogen-bond donors (Lipinski definition) is 1. The van der Waals surface area contributed by atoms with Crippen LogP contribution < -0.4 is 10.1 Å². The Morgan fingerprint density at radius 3 is 2.64 bits per heavy atom. The molecule has 146 valence electrons. The van der Waals surface area contributed by atoms with E-state index < -0.39 is 0 Å². The summed E-state index contributed by atoms with van der Waals surface area (Å²) in [4.78, 5) is 25.2. The third-order valence-corrected chi connectivity index (χ3v) is 4.76. The van der Waals surface area contributed by atoms with E-state index in [-0.39, 0.29) is 5.91 Å². The SMILES string of the molecule is CCNC(=O)c1cc(CCc2cnc(N=C3C=[N+](C)C3)nc2)c(Cl)c(OC)c1. The molecule has 2 aromatic rings. The van der Waals surface area contributed by atoms with E-state index in [9.17, 15) is 4.79 Å². The van der Waals surface area contributed by atoms with E-state index in [0.29, 0.717) is 41.7 Å². The number of carbonyl (C=O) groups is 1. The lowest BCUT2D eigenvalue weighted by Gasteiger charge is -2.12. The predicted molar refractivity (Wildman–Crippen MR) is 110 cm³/mol. The van der Waals surface area contributed by atoms with Crippen LogP contribution in [0.5, 0.6) is 5.75 Å². The van der Waals surface area contributed by atoms with Crippen LogP contribution in [0, 0.1) is 0 Å². The summed E-state index contributed by atoms with van der Waals surface area (Å²) in [5.41, 5.74) is 3.31. The molecule has 1 aliphatic heterocycles. The topological polar surface area (TPSA) is 79.5 Å². The molecule has 2 heterocycles. The second-order valence-corrected chi connectivity index (χ2v) is 6.93. The molecule has 1 N–H and O–H groups in total. The molecule has 0 bridgehead atoms. The summed E-state index contributed by atoms with van der Waals surface area (Å²) in [5.74, 6) is 0.801. The Kier molecular flexibility index (Phi) is 6.36. The average molecular weight is 401 g/mol. The third-order valence-electron chi connectivity index (χ3n) is 4.33. The van der Waals surface area contributed by atoms with Crippen LogP contribution in [0.25, 0.3) is 0 Å². The number of nitrogens with one attached hydrogen (secondary N) is 1. The Balaban J connectivity index is 1.72. The number of halogens is 1. The van der Waals surface area contributed by atoms with E-state index in [4.69, 9.17) is 16.3 Å². The van der Waals surface area contributed by atoms with Crippen molar-refractivity contribution in [1.82, 2.24) is 15.3 Å². The standard InChI is InChI=1S/C20H22ClN5O2/c1-4-22-19(27)15-7-14(18(21)17(8-15)28-3)6-5-13-9-23-20(24-10-13)25-16-11-26(2)12-16/h7-11H,4-6,12H2,1-3H3/p+1. The molecule has 28 heavy (non-hydrogen) atoms. The molecule has 0 radical (unpaired) electrons. The van der Waals surface area contributed by atoms with Crippen molar-refractivity contribution in [2.75, 3.05) is 27.2 Å². The molecule has 0 aliphatic carbocycles. The molecule has 1 aromatic heterocycles. The van der Waals surface area contributed by atoms with Gasteiger partial charge in [0.25, 0.3) is 5.91 Å². The highest BCUT2D eigenvalue weighted by molar-refractivity contribution is 6.33. The lowest BCUT2D eigenvalue weighted by atomic mass is 10.0. The number of aryl methyl sites for hydroxylation is 2. The van der Waals surface area contributed by atoms with E-state index in [1.54, 1.807) is 24.5 Å². The second-order valence-electron chi connectivity index (χ2n) is 6.55. The average Bonchev–Trinajstić information content (AvgIpc) is 2.67. The molecule has 8 heteroatoms. The molecule has 1 amide bonds. The summed E-state index contributed by atoms with van der Waals surface area (Å²) in [6.07, 6.45) is 6.82. The van der Waals surface area contributed by atoms with Crippen LogP contribution >= 0.6 is 11.6 Å². The Morgan fingerprint density at radius 2 is 2.04 bits per heavy atom. The van der Waals surface area contributed by atoms with Crippen molar-refractivity contribution in [3.63, 3.8) is 0 Å². The summed E-state index contributed by atoms with van der Waals surface area (Å²) in [7, 11) is 3.53. The van der Waals surface area contributed by atoms with Gasteiger partial charge in [-0.3, -0.25) is 4.79 Å². The van der Waals surface area contributed by atoms with Crippen molar-refractivity contribution in [3.05, 3.63) is 46.2 Å². The normalized spacial score (nSPS) is 14.4. The van der Waals surface area contributed by atoms with Gasteiger partial charge in [0.05, 0.1) is 12.1 Å². The van der Waals surface area contributed by atoms with Crippen LogP contribution in [0.15, 0.2) is 29.5 Å². The molecule has 0 spiro atoms. The van der Waals surface area contributed by atoms with Crippen molar-refractivity contribution in [2.24, 2.45) is 4.99 Å². The molecular formula is C20H23ClN5O2+. The van der Waals surface area contributed by atoms with E-state index in [1.807, 2.05) is 24.8 Å². The zero-order valence-corrected chi connectivity index (χ0v) is 17.0. The van der Waals surface area contributed by atoms with Gasteiger partial charge in [-0.25, -0.2) is 19.5 Å². The maximum absolute atomic E-state index is 12.2. The van der Waals surface area contributed by atoms with Gasteiger partial charge in [-0.05, 0) is 43.0 Å². The Hall–Kier alpha value is -2.80. The minimum absolute atomic E-state index is 0.149. The number of carbonyl (C=O) groups excluding carboxylic acids is 1. The number of nitrogens with zero attached hydrogens (tertiary/aromatic N) is 4. The number of amides is 1. The number of methoxy groups -OCH3 is 1. The first-order valence-corrected chi connectivity index (χ1v) is 9.46. The quantitative estimate of drug-likeness (QED) is 0.724. The third kappa shape index (κ3) is 4.72. The molecule has 1 aliphatic rings. The van der Waals surface area contributed by atoms with Crippen LogP contribution in [-0.4, -0.2) is 59.6 Å². The maximum Gasteiger partial charge on any atom is 0.251 e. The smallest absolute Gasteiger partial charge is 0.251 e. The summed E-state index contributed by atoms with van der Waals surface area (Å²) in [5, 5.41) is 3.31. The fourth-order valence-electron chi connectivity index (χ4n) is 2.87. The van der Waals surface area contributed by atoms with Crippen molar-refractivity contribution in [2.45, 2.75) is 19.8 Å². The van der Waals surface area contributed by atoms with Gasteiger partial charge < -0.3 is 10.1 Å². The molecule has 0 saturated carbocycles. The number of aromatic nitrogens is 2. The highest BCUT2D eigenvalue weighted by Crippen LogP contribution is 2.31. The van der Waals surface area contributed by atoms with E-state index >= 15 is 0 Å². The predicted octanol–water partition coefficient (Wildman–Crippen LogP) is 2.47. The van der Waals surface area contributed by atoms with Gasteiger partial charge in [0.15, 0.2) is 18.5 Å². The largest absolute Gasteiger partial charge is 0.495 e. The van der Waals surface area contributed by atoms with Crippen molar-refractivity contribution >= 4 is 35.4 Å². The lowest BCUT2D eigenvalue weighted by Crippen LogP contribution is -2.32. The zero-order chi connectivity index (χ0) is 20.1. The Bertz CT molecular complexity index is 938. The number of hydrogen-bond acceptors (Lipinski definition) is 5. The van der Waals surface area contributed by atoms with Crippen LogP contribution in [0.4, 0.5) is 5.95 Å². The Labute approximate surface area is 169 Å². The first-order chi connectivity index (χ1) is 13.5. The lowest BCUT2D eigenvalue weighted by molar-refractivity contribution is -0.487. The fourth-order valence-corrected chi connectivity index (χ4v) is 3.15. The Morgan fingerprint density at radius 1 is 1.32 bits per heavy atom. The number of benzene rings is 1. The molecule has 7 nitrogen and oxygen atoms in total. The van der Waals surface area contributed by atoms with Gasteiger partial charge in [-0.2, -0.15) is 0 Å². The molecule has 1 aromatic carbocycles. The zero-order valence-electron chi connectivity index (χ0n) is 16.2. The molecule has 0 atom stereocenters. The van der Waals surface area contributed by atoms with Gasteiger partial charge in [-0.1, -0.05) is 11.6 Å². The molecular weight excluding hydrogens is 378 g/mol.